The maximum Gasteiger partial charge on any atom is 0.123 e. The highest BCUT2D eigenvalue weighted by Gasteiger charge is 2.25. The second-order valence-electron chi connectivity index (χ2n) is 5.73. The van der Waals surface area contributed by atoms with E-state index in [1.165, 1.54) is 24.0 Å². The number of aromatic hydroxyl groups is 1. The van der Waals surface area contributed by atoms with Gasteiger partial charge in [-0.1, -0.05) is 30.3 Å². The predicted octanol–water partition coefficient (Wildman–Crippen LogP) is 4.50. The summed E-state index contributed by atoms with van der Waals surface area (Å²) in [6.45, 7) is 4.70. The minimum Gasteiger partial charge on any atom is -0.507 e. The van der Waals surface area contributed by atoms with E-state index in [4.69, 9.17) is 0 Å². The third-order valence-electron chi connectivity index (χ3n) is 4.17. The SMILES string of the molecule is Cc1ccc(NCc2ccccc2C2CC2)c(C)c1O. The Labute approximate surface area is 120 Å². The number of phenolic OH excluding ortho intramolecular Hbond substituents is 1. The minimum absolute atomic E-state index is 0.394. The van der Waals surface area contributed by atoms with E-state index in [1.807, 2.05) is 26.0 Å². The maximum absolute atomic E-state index is 10.00. The van der Waals surface area contributed by atoms with Crippen molar-refractivity contribution < 1.29 is 5.11 Å². The molecule has 2 aromatic carbocycles. The Morgan fingerprint density at radius 2 is 1.85 bits per heavy atom. The van der Waals surface area contributed by atoms with Gasteiger partial charge in [0.15, 0.2) is 0 Å². The number of benzene rings is 2. The molecule has 3 rings (SSSR count). The first-order chi connectivity index (χ1) is 9.66. The molecule has 0 spiro atoms. The topological polar surface area (TPSA) is 32.3 Å². The number of hydrogen-bond acceptors (Lipinski definition) is 2. The molecule has 0 saturated heterocycles. The summed E-state index contributed by atoms with van der Waals surface area (Å²) in [4.78, 5) is 0. The van der Waals surface area contributed by atoms with Gasteiger partial charge in [-0.3, -0.25) is 0 Å². The van der Waals surface area contributed by atoms with Gasteiger partial charge in [-0.05, 0) is 55.4 Å². The van der Waals surface area contributed by atoms with Crippen LogP contribution in [-0.2, 0) is 6.54 Å². The van der Waals surface area contributed by atoms with E-state index in [2.05, 4.69) is 29.6 Å². The van der Waals surface area contributed by atoms with Gasteiger partial charge in [0.2, 0.25) is 0 Å². The summed E-state index contributed by atoms with van der Waals surface area (Å²) in [6.07, 6.45) is 2.64. The summed E-state index contributed by atoms with van der Waals surface area (Å²) < 4.78 is 0. The van der Waals surface area contributed by atoms with Crippen molar-refractivity contribution in [2.45, 2.75) is 39.2 Å². The first-order valence-electron chi connectivity index (χ1n) is 7.27. The first kappa shape index (κ1) is 13.0. The van der Waals surface area contributed by atoms with Gasteiger partial charge in [0.1, 0.15) is 5.75 Å². The second kappa shape index (κ2) is 5.20. The molecule has 2 aromatic rings. The normalized spacial score (nSPS) is 14.3. The number of aryl methyl sites for hydroxylation is 1. The second-order valence-corrected chi connectivity index (χ2v) is 5.73. The van der Waals surface area contributed by atoms with Crippen LogP contribution in [0, 0.1) is 13.8 Å². The van der Waals surface area contributed by atoms with E-state index in [9.17, 15) is 5.11 Å². The van der Waals surface area contributed by atoms with Crippen LogP contribution in [0.2, 0.25) is 0 Å². The van der Waals surface area contributed by atoms with Crippen LogP contribution >= 0.6 is 0 Å². The van der Waals surface area contributed by atoms with Crippen molar-refractivity contribution in [3.05, 3.63) is 58.7 Å². The van der Waals surface area contributed by atoms with E-state index in [0.29, 0.717) is 5.75 Å². The van der Waals surface area contributed by atoms with Crippen molar-refractivity contribution in [3.8, 4) is 5.75 Å². The van der Waals surface area contributed by atoms with Gasteiger partial charge in [-0.25, -0.2) is 0 Å². The third-order valence-corrected chi connectivity index (χ3v) is 4.17. The average molecular weight is 267 g/mol. The zero-order valence-corrected chi connectivity index (χ0v) is 12.1. The summed E-state index contributed by atoms with van der Waals surface area (Å²) in [6, 6.07) is 12.7. The molecule has 0 bridgehead atoms. The molecule has 0 amide bonds. The van der Waals surface area contributed by atoms with Crippen LogP contribution in [0.4, 0.5) is 5.69 Å². The molecule has 0 radical (unpaired) electrons. The fourth-order valence-electron chi connectivity index (χ4n) is 2.71. The van der Waals surface area contributed by atoms with Gasteiger partial charge >= 0.3 is 0 Å². The number of phenols is 1. The van der Waals surface area contributed by atoms with E-state index in [-0.39, 0.29) is 0 Å². The molecule has 0 atom stereocenters. The Hall–Kier alpha value is -1.96. The molecule has 2 nitrogen and oxygen atoms in total. The fourth-order valence-corrected chi connectivity index (χ4v) is 2.71. The van der Waals surface area contributed by atoms with Gasteiger partial charge in [-0.15, -0.1) is 0 Å². The Balaban J connectivity index is 1.79. The number of hydrogen-bond donors (Lipinski definition) is 2. The lowest BCUT2D eigenvalue weighted by atomic mass is 10.0. The first-order valence-corrected chi connectivity index (χ1v) is 7.27. The van der Waals surface area contributed by atoms with E-state index in [0.717, 1.165) is 29.3 Å². The molecule has 0 heterocycles. The molecule has 104 valence electrons. The van der Waals surface area contributed by atoms with Crippen LogP contribution in [0.3, 0.4) is 0 Å². The largest absolute Gasteiger partial charge is 0.507 e. The lowest BCUT2D eigenvalue weighted by molar-refractivity contribution is 0.467. The van der Waals surface area contributed by atoms with Gasteiger partial charge < -0.3 is 10.4 Å². The van der Waals surface area contributed by atoms with Crippen molar-refractivity contribution >= 4 is 5.69 Å². The lowest BCUT2D eigenvalue weighted by Crippen LogP contribution is -2.04. The molecule has 1 aliphatic carbocycles. The van der Waals surface area contributed by atoms with Gasteiger partial charge in [0, 0.05) is 17.8 Å². The van der Waals surface area contributed by atoms with Crippen molar-refractivity contribution in [2.24, 2.45) is 0 Å². The Morgan fingerprint density at radius 3 is 2.60 bits per heavy atom. The van der Waals surface area contributed by atoms with Gasteiger partial charge in [-0.2, -0.15) is 0 Å². The molecular formula is C18H21NO. The zero-order chi connectivity index (χ0) is 14.1. The highest BCUT2D eigenvalue weighted by atomic mass is 16.3. The van der Waals surface area contributed by atoms with Crippen LogP contribution in [0.5, 0.6) is 5.75 Å². The number of nitrogens with one attached hydrogen (secondary N) is 1. The van der Waals surface area contributed by atoms with Crippen molar-refractivity contribution in [3.63, 3.8) is 0 Å². The summed E-state index contributed by atoms with van der Waals surface area (Å²) >= 11 is 0. The van der Waals surface area contributed by atoms with E-state index in [1.54, 1.807) is 0 Å². The molecular weight excluding hydrogens is 246 g/mol. The maximum atomic E-state index is 10.00. The summed E-state index contributed by atoms with van der Waals surface area (Å²) in [5.74, 6) is 1.16. The zero-order valence-electron chi connectivity index (χ0n) is 12.1. The van der Waals surface area contributed by atoms with Crippen LogP contribution in [0.25, 0.3) is 0 Å². The number of anilines is 1. The quantitative estimate of drug-likeness (QED) is 0.855. The van der Waals surface area contributed by atoms with Crippen molar-refractivity contribution in [1.82, 2.24) is 0 Å². The van der Waals surface area contributed by atoms with Gasteiger partial charge in [0.05, 0.1) is 0 Å². The Morgan fingerprint density at radius 1 is 1.10 bits per heavy atom. The van der Waals surface area contributed by atoms with Crippen LogP contribution < -0.4 is 5.32 Å². The summed E-state index contributed by atoms with van der Waals surface area (Å²) in [5, 5.41) is 13.5. The molecule has 20 heavy (non-hydrogen) atoms. The molecule has 2 heteroatoms. The standard InChI is InChI=1S/C18H21NO/c1-12-7-10-17(13(2)18(12)20)19-11-15-5-3-4-6-16(15)14-8-9-14/h3-7,10,14,19-20H,8-9,11H2,1-2H3. The molecule has 0 aliphatic heterocycles. The molecule has 1 saturated carbocycles. The minimum atomic E-state index is 0.394. The van der Waals surface area contributed by atoms with E-state index < -0.39 is 0 Å². The van der Waals surface area contributed by atoms with Crippen LogP contribution in [-0.4, -0.2) is 5.11 Å². The average Bonchev–Trinajstić information content (AvgIpc) is 3.29. The number of rotatable bonds is 4. The highest BCUT2D eigenvalue weighted by Crippen LogP contribution is 2.41. The molecule has 0 aromatic heterocycles. The third kappa shape index (κ3) is 2.51. The Bertz CT molecular complexity index is 629. The smallest absolute Gasteiger partial charge is 0.123 e. The van der Waals surface area contributed by atoms with Crippen molar-refractivity contribution in [2.75, 3.05) is 5.32 Å². The fraction of sp³-hybridized carbons (Fsp3) is 0.333. The highest BCUT2D eigenvalue weighted by molar-refractivity contribution is 5.59. The molecule has 1 aliphatic rings. The monoisotopic (exact) mass is 267 g/mol. The van der Waals surface area contributed by atoms with Crippen LogP contribution in [0.1, 0.15) is 41.0 Å². The van der Waals surface area contributed by atoms with Gasteiger partial charge in [0.25, 0.3) is 0 Å². The lowest BCUT2D eigenvalue weighted by Gasteiger charge is -2.14. The predicted molar refractivity (Wildman–Crippen MR) is 83.3 cm³/mol. The molecule has 2 N–H and O–H groups in total. The molecule has 0 unspecified atom stereocenters. The molecule has 1 fully saturated rings. The summed E-state index contributed by atoms with van der Waals surface area (Å²) in [7, 11) is 0. The summed E-state index contributed by atoms with van der Waals surface area (Å²) in [5.41, 5.74) is 5.71. The Kier molecular flexibility index (Phi) is 3.39. The van der Waals surface area contributed by atoms with Crippen molar-refractivity contribution in [1.29, 1.82) is 0 Å². The van der Waals surface area contributed by atoms with Crippen LogP contribution in [0.15, 0.2) is 36.4 Å². The van der Waals surface area contributed by atoms with E-state index >= 15 is 0 Å².